The predicted octanol–water partition coefficient (Wildman–Crippen LogP) is 20.8. The SMILES string of the molecule is CC/C=C\C/C=C\C/C=C\CCCCCCCC(=O)OC(COC(=O)CCCCCCCCCCCCCC)COC(=O)CCCCCCCCCCCCCCCCCCCCCCCCCCC. The van der Waals surface area contributed by atoms with Gasteiger partial charge in [-0.1, -0.05) is 301 Å². The van der Waals surface area contributed by atoms with Crippen LogP contribution in [-0.2, 0) is 28.6 Å². The number of carbonyl (C=O) groups is 3. The molecule has 0 bridgehead atoms. The van der Waals surface area contributed by atoms with Crippen molar-refractivity contribution in [2.24, 2.45) is 0 Å². The second-order valence-electron chi connectivity index (χ2n) is 21.0. The molecule has 0 amide bonds. The first-order chi connectivity index (χ1) is 34.5. The number of esters is 3. The minimum absolute atomic E-state index is 0.0743. The van der Waals surface area contributed by atoms with Crippen LogP contribution in [0, 0.1) is 0 Å². The summed E-state index contributed by atoms with van der Waals surface area (Å²) in [5.41, 5.74) is 0. The van der Waals surface area contributed by atoms with Gasteiger partial charge in [0.15, 0.2) is 6.10 Å². The topological polar surface area (TPSA) is 78.9 Å². The van der Waals surface area contributed by atoms with Gasteiger partial charge in [0.2, 0.25) is 0 Å². The van der Waals surface area contributed by atoms with Gasteiger partial charge >= 0.3 is 17.9 Å². The molecule has 0 heterocycles. The summed E-state index contributed by atoms with van der Waals surface area (Å²) in [6, 6.07) is 0. The van der Waals surface area contributed by atoms with Crippen molar-refractivity contribution in [3.8, 4) is 0 Å². The van der Waals surface area contributed by atoms with Crippen molar-refractivity contribution in [2.45, 2.75) is 341 Å². The largest absolute Gasteiger partial charge is 0.462 e. The third-order valence-corrected chi connectivity index (χ3v) is 13.9. The molecule has 0 aromatic carbocycles. The number of rotatable bonds is 57. The van der Waals surface area contributed by atoms with Gasteiger partial charge in [0.1, 0.15) is 13.2 Å². The maximum Gasteiger partial charge on any atom is 0.306 e. The van der Waals surface area contributed by atoms with E-state index in [1.807, 2.05) is 0 Å². The molecule has 0 radical (unpaired) electrons. The van der Waals surface area contributed by atoms with E-state index in [9.17, 15) is 14.4 Å². The maximum atomic E-state index is 12.8. The average Bonchev–Trinajstić information content (AvgIpc) is 3.36. The van der Waals surface area contributed by atoms with Gasteiger partial charge in [0, 0.05) is 19.3 Å². The lowest BCUT2D eigenvalue weighted by atomic mass is 10.0. The number of hydrogen-bond donors (Lipinski definition) is 0. The number of unbranched alkanes of at least 4 members (excludes halogenated alkanes) is 40. The van der Waals surface area contributed by atoms with Crippen molar-refractivity contribution in [3.63, 3.8) is 0 Å². The molecule has 0 N–H and O–H groups in total. The van der Waals surface area contributed by atoms with Gasteiger partial charge in [-0.15, -0.1) is 0 Å². The summed E-state index contributed by atoms with van der Waals surface area (Å²) in [5, 5.41) is 0. The summed E-state index contributed by atoms with van der Waals surface area (Å²) >= 11 is 0. The lowest BCUT2D eigenvalue weighted by molar-refractivity contribution is -0.167. The van der Waals surface area contributed by atoms with Crippen LogP contribution in [0.5, 0.6) is 0 Å². The van der Waals surface area contributed by atoms with E-state index >= 15 is 0 Å². The molecule has 0 aliphatic rings. The molecule has 0 saturated carbocycles. The number of ether oxygens (including phenoxy) is 3. The summed E-state index contributed by atoms with van der Waals surface area (Å²) in [5.74, 6) is -0.871. The molecule has 6 nitrogen and oxygen atoms in total. The minimum Gasteiger partial charge on any atom is -0.462 e. The van der Waals surface area contributed by atoms with Crippen LogP contribution < -0.4 is 0 Å². The molecule has 0 saturated heterocycles. The fourth-order valence-corrected chi connectivity index (χ4v) is 9.28. The van der Waals surface area contributed by atoms with Gasteiger partial charge in [0.05, 0.1) is 0 Å². The van der Waals surface area contributed by atoms with Gasteiger partial charge in [0.25, 0.3) is 0 Å². The molecule has 0 spiro atoms. The molecule has 1 unspecified atom stereocenters. The Balaban J connectivity index is 4.20. The van der Waals surface area contributed by atoms with Crippen LogP contribution in [0.25, 0.3) is 0 Å². The molecule has 0 aromatic rings. The fraction of sp³-hybridized carbons (Fsp3) is 0.859. The zero-order valence-electron chi connectivity index (χ0n) is 47.1. The third-order valence-electron chi connectivity index (χ3n) is 13.9. The Morgan fingerprint density at radius 2 is 0.557 bits per heavy atom. The van der Waals surface area contributed by atoms with Crippen LogP contribution in [0.2, 0.25) is 0 Å². The monoisotopic (exact) mass is 983 g/mol. The quantitative estimate of drug-likeness (QED) is 0.0261. The third kappa shape index (κ3) is 56.5. The van der Waals surface area contributed by atoms with Crippen LogP contribution in [-0.4, -0.2) is 37.2 Å². The molecule has 0 aliphatic carbocycles. The lowest BCUT2D eigenvalue weighted by Crippen LogP contribution is -2.30. The Kier molecular flexibility index (Phi) is 57.2. The van der Waals surface area contributed by atoms with Crippen molar-refractivity contribution >= 4 is 17.9 Å². The molecule has 0 rings (SSSR count). The van der Waals surface area contributed by atoms with Gasteiger partial charge in [-0.3, -0.25) is 14.4 Å². The first-order valence-electron chi connectivity index (χ1n) is 31.0. The van der Waals surface area contributed by atoms with Crippen LogP contribution in [0.15, 0.2) is 36.5 Å². The number of allylic oxidation sites excluding steroid dienone is 6. The van der Waals surface area contributed by atoms with E-state index in [0.717, 1.165) is 96.3 Å². The maximum absolute atomic E-state index is 12.8. The molecule has 0 aromatic heterocycles. The Morgan fingerprint density at radius 1 is 0.300 bits per heavy atom. The first-order valence-corrected chi connectivity index (χ1v) is 31.0. The summed E-state index contributed by atoms with van der Waals surface area (Å²) in [7, 11) is 0. The normalized spacial score (nSPS) is 12.2. The van der Waals surface area contributed by atoms with E-state index in [2.05, 4.69) is 57.2 Å². The zero-order valence-corrected chi connectivity index (χ0v) is 47.1. The molecule has 70 heavy (non-hydrogen) atoms. The molecular formula is C64H118O6. The van der Waals surface area contributed by atoms with Crippen molar-refractivity contribution < 1.29 is 28.6 Å². The van der Waals surface area contributed by atoms with Crippen molar-refractivity contribution in [1.29, 1.82) is 0 Å². The molecule has 0 aliphatic heterocycles. The molecular weight excluding hydrogens is 865 g/mol. The predicted molar refractivity (Wildman–Crippen MR) is 302 cm³/mol. The Morgan fingerprint density at radius 3 is 0.871 bits per heavy atom. The Bertz CT molecular complexity index is 1170. The van der Waals surface area contributed by atoms with E-state index in [0.29, 0.717) is 19.3 Å². The van der Waals surface area contributed by atoms with Crippen molar-refractivity contribution in [1.82, 2.24) is 0 Å². The van der Waals surface area contributed by atoms with E-state index < -0.39 is 6.10 Å². The van der Waals surface area contributed by atoms with E-state index in [-0.39, 0.29) is 31.1 Å². The molecule has 0 fully saturated rings. The summed E-state index contributed by atoms with van der Waals surface area (Å²) in [6.07, 6.45) is 71.6. The Hall–Kier alpha value is -2.37. The minimum atomic E-state index is -0.777. The second-order valence-corrected chi connectivity index (χ2v) is 21.0. The van der Waals surface area contributed by atoms with Gasteiger partial charge in [-0.2, -0.15) is 0 Å². The highest BCUT2D eigenvalue weighted by atomic mass is 16.6. The summed E-state index contributed by atoms with van der Waals surface area (Å²) in [6.45, 7) is 6.56. The highest BCUT2D eigenvalue weighted by Gasteiger charge is 2.19. The number of carbonyl (C=O) groups excluding carboxylic acids is 3. The smallest absolute Gasteiger partial charge is 0.306 e. The van der Waals surface area contributed by atoms with Gasteiger partial charge < -0.3 is 14.2 Å². The Labute approximate surface area is 435 Å². The van der Waals surface area contributed by atoms with Crippen LogP contribution in [0.1, 0.15) is 335 Å². The van der Waals surface area contributed by atoms with Crippen LogP contribution in [0.4, 0.5) is 0 Å². The van der Waals surface area contributed by atoms with Gasteiger partial charge in [-0.25, -0.2) is 0 Å². The second kappa shape index (κ2) is 59.2. The van der Waals surface area contributed by atoms with E-state index in [1.165, 1.54) is 199 Å². The molecule has 410 valence electrons. The highest BCUT2D eigenvalue weighted by molar-refractivity contribution is 5.71. The highest BCUT2D eigenvalue weighted by Crippen LogP contribution is 2.18. The standard InChI is InChI=1S/C64H118O6/c1-4-7-10-13-16-19-22-25-27-28-29-30-31-32-33-34-35-36-38-39-42-45-48-51-54-57-63(66)69-60-61(59-68-62(65)56-53-50-47-44-41-24-21-18-15-12-9-6-3)70-64(67)58-55-52-49-46-43-40-37-26-23-20-17-14-11-8-5-2/h8,11,17,20,26,37,61H,4-7,9-10,12-16,18-19,21-25,27-36,38-60H2,1-3H3/b11-8-,20-17-,37-26-. The zero-order chi connectivity index (χ0) is 50.7. The number of hydrogen-bond acceptors (Lipinski definition) is 6. The first kappa shape index (κ1) is 67.6. The molecule has 6 heteroatoms. The van der Waals surface area contributed by atoms with E-state index in [1.54, 1.807) is 0 Å². The average molecular weight is 984 g/mol. The van der Waals surface area contributed by atoms with Crippen molar-refractivity contribution in [2.75, 3.05) is 13.2 Å². The fourth-order valence-electron chi connectivity index (χ4n) is 9.28. The summed E-state index contributed by atoms with van der Waals surface area (Å²) in [4.78, 5) is 38.2. The summed E-state index contributed by atoms with van der Waals surface area (Å²) < 4.78 is 16.9. The van der Waals surface area contributed by atoms with E-state index in [4.69, 9.17) is 14.2 Å². The van der Waals surface area contributed by atoms with Crippen molar-refractivity contribution in [3.05, 3.63) is 36.5 Å². The van der Waals surface area contributed by atoms with Crippen LogP contribution >= 0.6 is 0 Å². The van der Waals surface area contributed by atoms with Crippen LogP contribution in [0.3, 0.4) is 0 Å². The molecule has 1 atom stereocenters. The lowest BCUT2D eigenvalue weighted by Gasteiger charge is -2.18. The van der Waals surface area contributed by atoms with Gasteiger partial charge in [-0.05, 0) is 51.4 Å².